The van der Waals surface area contributed by atoms with Crippen LogP contribution in [0.1, 0.15) is 33.1 Å². The first-order valence-electron chi connectivity index (χ1n) is 5.97. The monoisotopic (exact) mass is 285 g/mol. The number of piperidine rings is 1. The Hall–Kier alpha value is 0.120. The minimum Gasteiger partial charge on any atom is -0.329 e. The minimum absolute atomic E-state index is 0. The van der Waals surface area contributed by atoms with Crippen LogP contribution in [-0.4, -0.2) is 38.4 Å². The van der Waals surface area contributed by atoms with E-state index < -0.39 is 10.2 Å². The van der Waals surface area contributed by atoms with Gasteiger partial charge in [0.05, 0.1) is 0 Å². The van der Waals surface area contributed by atoms with Crippen LogP contribution in [0.15, 0.2) is 0 Å². The van der Waals surface area contributed by atoms with Gasteiger partial charge in [0, 0.05) is 25.7 Å². The maximum atomic E-state index is 12.0. The van der Waals surface area contributed by atoms with E-state index in [1.807, 2.05) is 6.92 Å². The third-order valence-electron chi connectivity index (χ3n) is 3.04. The van der Waals surface area contributed by atoms with Gasteiger partial charge >= 0.3 is 0 Å². The molecule has 1 aliphatic rings. The molecule has 7 heteroatoms. The number of rotatable bonds is 5. The molecule has 104 valence electrons. The molecule has 0 aromatic rings. The Morgan fingerprint density at radius 1 is 1.47 bits per heavy atom. The third kappa shape index (κ3) is 4.71. The van der Waals surface area contributed by atoms with Crippen LogP contribution in [-0.2, 0) is 10.2 Å². The zero-order valence-electron chi connectivity index (χ0n) is 10.6. The van der Waals surface area contributed by atoms with Crippen LogP contribution in [0.3, 0.4) is 0 Å². The van der Waals surface area contributed by atoms with Gasteiger partial charge in [0.2, 0.25) is 0 Å². The maximum Gasteiger partial charge on any atom is 0.279 e. The lowest BCUT2D eigenvalue weighted by Gasteiger charge is -2.36. The fraction of sp³-hybridized carbons (Fsp3) is 1.00. The van der Waals surface area contributed by atoms with Crippen molar-refractivity contribution in [3.63, 3.8) is 0 Å². The molecular weight excluding hydrogens is 262 g/mol. The molecule has 0 saturated carbocycles. The summed E-state index contributed by atoms with van der Waals surface area (Å²) in [7, 11) is -3.33. The molecule has 0 aromatic heterocycles. The summed E-state index contributed by atoms with van der Waals surface area (Å²) in [5.74, 6) is 0.561. The van der Waals surface area contributed by atoms with Crippen molar-refractivity contribution in [1.29, 1.82) is 0 Å². The van der Waals surface area contributed by atoms with Crippen LogP contribution in [0.4, 0.5) is 0 Å². The molecule has 0 radical (unpaired) electrons. The summed E-state index contributed by atoms with van der Waals surface area (Å²) in [6.45, 7) is 5.57. The van der Waals surface area contributed by atoms with E-state index in [2.05, 4.69) is 11.6 Å². The fourth-order valence-electron chi connectivity index (χ4n) is 2.07. The quantitative estimate of drug-likeness (QED) is 0.781. The molecule has 5 nitrogen and oxygen atoms in total. The van der Waals surface area contributed by atoms with Gasteiger partial charge in [-0.2, -0.15) is 12.7 Å². The summed E-state index contributed by atoms with van der Waals surface area (Å²) in [4.78, 5) is 0. The van der Waals surface area contributed by atoms with Crippen molar-refractivity contribution in [2.24, 2.45) is 11.7 Å². The topological polar surface area (TPSA) is 75.4 Å². The van der Waals surface area contributed by atoms with Crippen LogP contribution in [0.5, 0.6) is 0 Å². The van der Waals surface area contributed by atoms with Crippen molar-refractivity contribution in [2.45, 2.75) is 39.2 Å². The second kappa shape index (κ2) is 7.53. The number of hydrogen-bond acceptors (Lipinski definition) is 3. The van der Waals surface area contributed by atoms with Crippen molar-refractivity contribution in [2.75, 3.05) is 19.6 Å². The fourth-order valence-corrected chi connectivity index (χ4v) is 3.61. The van der Waals surface area contributed by atoms with Gasteiger partial charge in [0.1, 0.15) is 0 Å². The van der Waals surface area contributed by atoms with Gasteiger partial charge < -0.3 is 5.73 Å². The molecule has 1 rings (SSSR count). The molecule has 1 fully saturated rings. The Balaban J connectivity index is 0.00000256. The molecule has 0 amide bonds. The van der Waals surface area contributed by atoms with E-state index >= 15 is 0 Å². The van der Waals surface area contributed by atoms with E-state index in [1.165, 1.54) is 4.31 Å². The number of nitrogens with zero attached hydrogens (tertiary/aromatic N) is 1. The van der Waals surface area contributed by atoms with Crippen LogP contribution in [0, 0.1) is 5.92 Å². The van der Waals surface area contributed by atoms with Gasteiger partial charge in [-0.25, -0.2) is 4.72 Å². The lowest BCUT2D eigenvalue weighted by Crippen LogP contribution is -2.53. The predicted octanol–water partition coefficient (Wildman–Crippen LogP) is 0.712. The molecule has 2 unspecified atom stereocenters. The molecule has 0 aliphatic carbocycles. The largest absolute Gasteiger partial charge is 0.329 e. The molecule has 2 atom stereocenters. The molecule has 0 spiro atoms. The summed E-state index contributed by atoms with van der Waals surface area (Å²) in [6, 6.07) is -0.0434. The van der Waals surface area contributed by atoms with E-state index in [4.69, 9.17) is 5.73 Å². The van der Waals surface area contributed by atoms with E-state index in [0.717, 1.165) is 19.3 Å². The van der Waals surface area contributed by atoms with Crippen molar-refractivity contribution in [3.05, 3.63) is 0 Å². The summed E-state index contributed by atoms with van der Waals surface area (Å²) in [5, 5.41) is 0. The first kappa shape index (κ1) is 17.1. The molecular formula is C10H24ClN3O2S. The van der Waals surface area contributed by atoms with Gasteiger partial charge in [0.25, 0.3) is 10.2 Å². The summed E-state index contributed by atoms with van der Waals surface area (Å²) < 4.78 is 28.1. The number of nitrogens with two attached hydrogens (primary N) is 1. The van der Waals surface area contributed by atoms with E-state index in [0.29, 0.717) is 25.6 Å². The Kier molecular flexibility index (Phi) is 7.58. The average Bonchev–Trinajstić information content (AvgIpc) is 2.26. The molecule has 17 heavy (non-hydrogen) atoms. The predicted molar refractivity (Wildman–Crippen MR) is 72.4 cm³/mol. The first-order valence-corrected chi connectivity index (χ1v) is 7.41. The zero-order chi connectivity index (χ0) is 12.2. The molecule has 3 N–H and O–H groups in total. The van der Waals surface area contributed by atoms with Crippen LogP contribution in [0.2, 0.25) is 0 Å². The van der Waals surface area contributed by atoms with Crippen LogP contribution < -0.4 is 10.5 Å². The average molecular weight is 286 g/mol. The van der Waals surface area contributed by atoms with Crippen LogP contribution in [0.25, 0.3) is 0 Å². The SMILES string of the molecule is CCCNS(=O)(=O)N1CCC(C)CC1CN.Cl. The maximum absolute atomic E-state index is 12.0. The van der Waals surface area contributed by atoms with Gasteiger partial charge in [-0.1, -0.05) is 13.8 Å². The van der Waals surface area contributed by atoms with Gasteiger partial charge in [-0.3, -0.25) is 0 Å². The van der Waals surface area contributed by atoms with Crippen molar-refractivity contribution in [1.82, 2.24) is 9.03 Å². The normalized spacial score (nSPS) is 26.5. The number of halogens is 1. The lowest BCUT2D eigenvalue weighted by molar-refractivity contribution is 0.209. The summed E-state index contributed by atoms with van der Waals surface area (Å²) in [5.41, 5.74) is 5.65. The highest BCUT2D eigenvalue weighted by Gasteiger charge is 2.33. The first-order chi connectivity index (χ1) is 7.51. The highest BCUT2D eigenvalue weighted by Crippen LogP contribution is 2.23. The second-order valence-corrected chi connectivity index (χ2v) is 6.24. The highest BCUT2D eigenvalue weighted by atomic mass is 35.5. The Bertz CT molecular complexity index is 311. The zero-order valence-corrected chi connectivity index (χ0v) is 12.2. The highest BCUT2D eigenvalue weighted by molar-refractivity contribution is 7.87. The summed E-state index contributed by atoms with van der Waals surface area (Å²) >= 11 is 0. The molecule has 1 heterocycles. The number of nitrogens with one attached hydrogen (secondary N) is 1. The molecule has 0 bridgehead atoms. The Morgan fingerprint density at radius 3 is 2.65 bits per heavy atom. The third-order valence-corrected chi connectivity index (χ3v) is 4.71. The Morgan fingerprint density at radius 2 is 2.12 bits per heavy atom. The number of hydrogen-bond donors (Lipinski definition) is 2. The van der Waals surface area contributed by atoms with Crippen LogP contribution >= 0.6 is 12.4 Å². The minimum atomic E-state index is -3.33. The van der Waals surface area contributed by atoms with Crippen molar-refractivity contribution >= 4 is 22.6 Å². The van der Waals surface area contributed by atoms with E-state index in [-0.39, 0.29) is 18.4 Å². The van der Waals surface area contributed by atoms with Crippen molar-refractivity contribution in [3.8, 4) is 0 Å². The lowest BCUT2D eigenvalue weighted by atomic mass is 9.94. The van der Waals surface area contributed by atoms with Gasteiger partial charge in [-0.05, 0) is 25.2 Å². The second-order valence-electron chi connectivity index (χ2n) is 4.53. The molecule has 0 aromatic carbocycles. The standard InChI is InChI=1S/C10H23N3O2S.ClH/c1-3-5-12-16(14,15)13-6-4-9(2)7-10(13)8-11;/h9-10,12H,3-8,11H2,1-2H3;1H. The summed E-state index contributed by atoms with van der Waals surface area (Å²) in [6.07, 6.45) is 2.59. The smallest absolute Gasteiger partial charge is 0.279 e. The van der Waals surface area contributed by atoms with Crippen molar-refractivity contribution < 1.29 is 8.42 Å². The van der Waals surface area contributed by atoms with E-state index in [1.54, 1.807) is 0 Å². The molecule has 1 aliphatic heterocycles. The van der Waals surface area contributed by atoms with Gasteiger partial charge in [-0.15, -0.1) is 12.4 Å². The Labute approximate surface area is 111 Å². The molecule has 1 saturated heterocycles. The van der Waals surface area contributed by atoms with E-state index in [9.17, 15) is 8.42 Å². The van der Waals surface area contributed by atoms with Gasteiger partial charge in [0.15, 0.2) is 0 Å².